The number of nitrogens with zero attached hydrogens (tertiary/aromatic N) is 4. The van der Waals surface area contributed by atoms with Gasteiger partial charge >= 0.3 is 0 Å². The summed E-state index contributed by atoms with van der Waals surface area (Å²) in [6.45, 7) is 4.05. The maximum absolute atomic E-state index is 6.21. The molecule has 0 saturated carbocycles. The average molecular weight is 345 g/mol. The third kappa shape index (κ3) is 2.97. The summed E-state index contributed by atoms with van der Waals surface area (Å²) < 4.78 is 4.26. The molecule has 0 spiro atoms. The van der Waals surface area contributed by atoms with Crippen LogP contribution in [0.15, 0.2) is 12.3 Å². The molecule has 21 heavy (non-hydrogen) atoms. The van der Waals surface area contributed by atoms with Gasteiger partial charge in [-0.05, 0) is 37.5 Å². The van der Waals surface area contributed by atoms with Crippen LogP contribution in [0.5, 0.6) is 0 Å². The van der Waals surface area contributed by atoms with Gasteiger partial charge in [-0.25, -0.2) is 4.68 Å². The van der Waals surface area contributed by atoms with Crippen LogP contribution in [0.4, 0.5) is 0 Å². The number of fused-ring (bicyclic) bond motifs is 1. The maximum atomic E-state index is 6.21. The second kappa shape index (κ2) is 6.24. The summed E-state index contributed by atoms with van der Waals surface area (Å²) in [6, 6.07) is 2.31. The monoisotopic (exact) mass is 344 g/mol. The van der Waals surface area contributed by atoms with Crippen LogP contribution in [0.3, 0.4) is 0 Å². The van der Waals surface area contributed by atoms with Gasteiger partial charge in [-0.2, -0.15) is 0 Å². The zero-order chi connectivity index (χ0) is 15.0. The molecule has 1 saturated heterocycles. The molecule has 1 atom stereocenters. The van der Waals surface area contributed by atoms with Crippen molar-refractivity contribution < 1.29 is 0 Å². The Balaban J connectivity index is 1.96. The highest BCUT2D eigenvalue weighted by Gasteiger charge is 2.22. The van der Waals surface area contributed by atoms with E-state index in [-0.39, 0.29) is 0 Å². The first kappa shape index (κ1) is 15.3. The number of pyridine rings is 1. The fourth-order valence-corrected chi connectivity index (χ4v) is 3.77. The number of likely N-dealkylation sites (tertiary alicyclic amines) is 1. The molecule has 4 nitrogen and oxygen atoms in total. The van der Waals surface area contributed by atoms with Crippen LogP contribution in [0, 0.1) is 4.77 Å². The van der Waals surface area contributed by atoms with Gasteiger partial charge in [0.25, 0.3) is 0 Å². The molecule has 0 unspecified atom stereocenters. The number of halogens is 2. The van der Waals surface area contributed by atoms with Crippen molar-refractivity contribution in [3.8, 4) is 0 Å². The van der Waals surface area contributed by atoms with Crippen molar-refractivity contribution in [2.75, 3.05) is 6.54 Å². The predicted molar refractivity (Wildman–Crippen MR) is 88.7 cm³/mol. The van der Waals surface area contributed by atoms with Crippen LogP contribution < -0.4 is 0 Å². The third-order valence-electron chi connectivity index (χ3n) is 4.14. The number of aromatic nitrogens is 3. The summed E-state index contributed by atoms with van der Waals surface area (Å²) in [4.78, 5) is 2.46. The average Bonchev–Trinajstić information content (AvgIpc) is 2.77. The van der Waals surface area contributed by atoms with E-state index in [4.69, 9.17) is 35.4 Å². The Hall–Kier alpha value is -0.620. The lowest BCUT2D eigenvalue weighted by atomic mass is 10.0. The molecule has 0 amide bonds. The van der Waals surface area contributed by atoms with Gasteiger partial charge in [-0.3, -0.25) is 9.30 Å². The van der Waals surface area contributed by atoms with Crippen molar-refractivity contribution in [1.82, 2.24) is 19.1 Å². The molecule has 0 aromatic carbocycles. The number of hydrogen-bond acceptors (Lipinski definition) is 3. The van der Waals surface area contributed by atoms with Crippen molar-refractivity contribution >= 4 is 41.1 Å². The minimum absolute atomic E-state index is 0.526. The van der Waals surface area contributed by atoms with Gasteiger partial charge in [0.05, 0.1) is 16.7 Å². The van der Waals surface area contributed by atoms with Gasteiger partial charge in [-0.1, -0.05) is 36.5 Å². The van der Waals surface area contributed by atoms with Crippen molar-refractivity contribution in [3.63, 3.8) is 0 Å². The largest absolute Gasteiger partial charge is 0.281 e. The Bertz CT molecular complexity index is 709. The van der Waals surface area contributed by atoms with E-state index in [2.05, 4.69) is 16.9 Å². The molecule has 0 aliphatic carbocycles. The van der Waals surface area contributed by atoms with Crippen LogP contribution in [0.25, 0.3) is 5.65 Å². The van der Waals surface area contributed by atoms with E-state index in [0.29, 0.717) is 33.2 Å². The fraction of sp³-hybridized carbons (Fsp3) is 0.571. The summed E-state index contributed by atoms with van der Waals surface area (Å²) in [5.41, 5.74) is 0.663. The van der Waals surface area contributed by atoms with Crippen LogP contribution in [0.1, 0.15) is 32.6 Å². The second-order valence-electron chi connectivity index (χ2n) is 5.49. The molecule has 114 valence electrons. The minimum Gasteiger partial charge on any atom is -0.281 e. The smallest absolute Gasteiger partial charge is 0.203 e. The highest BCUT2D eigenvalue weighted by atomic mass is 35.5. The van der Waals surface area contributed by atoms with Crippen molar-refractivity contribution in [2.24, 2.45) is 0 Å². The molecule has 2 aromatic rings. The Morgan fingerprint density at radius 1 is 1.38 bits per heavy atom. The first-order valence-electron chi connectivity index (χ1n) is 7.28. The van der Waals surface area contributed by atoms with Gasteiger partial charge in [0.1, 0.15) is 0 Å². The summed E-state index contributed by atoms with van der Waals surface area (Å²) >= 11 is 17.8. The molecule has 1 aliphatic heterocycles. The highest BCUT2D eigenvalue weighted by Crippen LogP contribution is 2.23. The Kier molecular flexibility index (Phi) is 4.54. The fourth-order valence-electron chi connectivity index (χ4n) is 3.02. The zero-order valence-corrected chi connectivity index (χ0v) is 14.3. The van der Waals surface area contributed by atoms with Crippen molar-refractivity contribution in [2.45, 2.75) is 45.3 Å². The molecule has 2 aromatic heterocycles. The zero-order valence-electron chi connectivity index (χ0n) is 11.9. The van der Waals surface area contributed by atoms with E-state index < -0.39 is 0 Å². The molecule has 7 heteroatoms. The van der Waals surface area contributed by atoms with Crippen LogP contribution in [-0.2, 0) is 6.67 Å². The highest BCUT2D eigenvalue weighted by molar-refractivity contribution is 7.71. The van der Waals surface area contributed by atoms with Crippen LogP contribution in [-0.4, -0.2) is 31.7 Å². The van der Waals surface area contributed by atoms with E-state index in [9.17, 15) is 0 Å². The number of hydrogen-bond donors (Lipinski definition) is 0. The number of piperidine rings is 1. The molecule has 1 fully saturated rings. The van der Waals surface area contributed by atoms with Gasteiger partial charge < -0.3 is 0 Å². The minimum atomic E-state index is 0.526. The Morgan fingerprint density at radius 3 is 2.95 bits per heavy atom. The molecular formula is C14H18Cl2N4S. The van der Waals surface area contributed by atoms with Crippen molar-refractivity contribution in [3.05, 3.63) is 27.1 Å². The molecular weight excluding hydrogens is 327 g/mol. The maximum Gasteiger partial charge on any atom is 0.203 e. The predicted octanol–water partition coefficient (Wildman–Crippen LogP) is 4.39. The molecule has 3 rings (SSSR count). The third-order valence-corrected chi connectivity index (χ3v) is 5.03. The topological polar surface area (TPSA) is 25.5 Å². The quantitative estimate of drug-likeness (QED) is 0.772. The van der Waals surface area contributed by atoms with Gasteiger partial charge in [0.15, 0.2) is 5.65 Å². The number of rotatable bonds is 3. The van der Waals surface area contributed by atoms with E-state index in [1.165, 1.54) is 19.3 Å². The summed E-state index contributed by atoms with van der Waals surface area (Å²) in [7, 11) is 0. The van der Waals surface area contributed by atoms with E-state index in [1.54, 1.807) is 16.7 Å². The van der Waals surface area contributed by atoms with Gasteiger partial charge in [0.2, 0.25) is 4.77 Å². The van der Waals surface area contributed by atoms with Gasteiger partial charge in [0, 0.05) is 18.8 Å². The lowest BCUT2D eigenvalue weighted by Crippen LogP contribution is -2.40. The molecule has 0 bridgehead atoms. The molecule has 0 N–H and O–H groups in total. The lowest BCUT2D eigenvalue weighted by Gasteiger charge is -2.34. The van der Waals surface area contributed by atoms with E-state index in [1.807, 2.05) is 4.68 Å². The van der Waals surface area contributed by atoms with Gasteiger partial charge in [-0.15, -0.1) is 5.10 Å². The molecule has 1 aliphatic rings. The lowest BCUT2D eigenvalue weighted by molar-refractivity contribution is 0.101. The SMILES string of the molecule is CC[C@H]1CCCCN1Cn1nc2c(Cl)cc(Cl)cn2c1=S. The summed E-state index contributed by atoms with van der Waals surface area (Å²) in [5.74, 6) is 0. The standard InChI is InChI=1S/C14H18Cl2N4S/c1-2-11-5-3-4-6-18(11)9-20-14(21)19-8-10(15)7-12(16)13(19)17-20/h7-8,11H,2-6,9H2,1H3/t11-/m0/s1. The summed E-state index contributed by atoms with van der Waals surface area (Å²) in [6.07, 6.45) is 6.73. The van der Waals surface area contributed by atoms with E-state index >= 15 is 0 Å². The normalized spacial score (nSPS) is 20.2. The second-order valence-corrected chi connectivity index (χ2v) is 6.70. The molecule has 3 heterocycles. The summed E-state index contributed by atoms with van der Waals surface area (Å²) in [5, 5.41) is 5.65. The molecule has 0 radical (unpaired) electrons. The van der Waals surface area contributed by atoms with Crippen molar-refractivity contribution in [1.29, 1.82) is 0 Å². The van der Waals surface area contributed by atoms with E-state index in [0.717, 1.165) is 13.0 Å². The van der Waals surface area contributed by atoms with Crippen LogP contribution in [0.2, 0.25) is 10.0 Å². The Morgan fingerprint density at radius 2 is 2.19 bits per heavy atom. The van der Waals surface area contributed by atoms with Crippen LogP contribution >= 0.6 is 35.4 Å². The Labute approximate surface area is 139 Å². The first-order valence-corrected chi connectivity index (χ1v) is 8.45. The first-order chi connectivity index (χ1) is 10.1.